The first-order chi connectivity index (χ1) is 9.93. The van der Waals surface area contributed by atoms with Crippen LogP contribution in [0.4, 0.5) is 0 Å². The molecule has 0 saturated carbocycles. The van der Waals surface area contributed by atoms with Gasteiger partial charge >= 0.3 is 0 Å². The molecule has 1 unspecified atom stereocenters. The summed E-state index contributed by atoms with van der Waals surface area (Å²) in [5.74, 6) is -0.0706. The molecule has 0 radical (unpaired) electrons. The number of carbonyl (C=O) groups is 1. The number of amides is 1. The maximum atomic E-state index is 11.9. The molecule has 1 aliphatic rings. The van der Waals surface area contributed by atoms with E-state index >= 15 is 0 Å². The summed E-state index contributed by atoms with van der Waals surface area (Å²) in [5, 5.41) is 5.18. The van der Waals surface area contributed by atoms with E-state index < -0.39 is 11.2 Å². The van der Waals surface area contributed by atoms with Crippen LogP contribution in [0.15, 0.2) is 10.4 Å². The highest BCUT2D eigenvalue weighted by atomic mass is 32.2. The van der Waals surface area contributed by atoms with Crippen molar-refractivity contribution in [2.24, 2.45) is 9.50 Å². The Balaban J connectivity index is 2.52. The first kappa shape index (κ1) is 16.3. The molecule has 1 atom stereocenters. The number of fused-ring (bicyclic) bond motifs is 1. The molecule has 0 aromatic heterocycles. The minimum Gasteiger partial charge on any atom is -0.372 e. The molecular weight excluding hydrogens is 288 g/mol. The van der Waals surface area contributed by atoms with E-state index in [1.165, 1.54) is 16.7 Å². The molecule has 116 valence electrons. The summed E-state index contributed by atoms with van der Waals surface area (Å²) in [6.07, 6.45) is 1.04. The number of nitrogens with zero attached hydrogens (tertiary/aromatic N) is 1. The summed E-state index contributed by atoms with van der Waals surface area (Å²) in [7, 11) is 0. The van der Waals surface area contributed by atoms with E-state index in [0.717, 1.165) is 17.5 Å². The van der Waals surface area contributed by atoms with Gasteiger partial charge in [0.2, 0.25) is 0 Å². The molecule has 1 heterocycles. The standard InChI is InChI=1S/C15H22N2O3S/c1-4-10-5-11-7-20-8-13(11)15(9(2)3)12(10)6-14(18)17-21(16)19/h5,9H,4,6-8H2,1-3H3,(H3,16,17,18,19). The van der Waals surface area contributed by atoms with Crippen molar-refractivity contribution in [3.8, 4) is 0 Å². The van der Waals surface area contributed by atoms with Gasteiger partial charge in [0, 0.05) is 0 Å². The van der Waals surface area contributed by atoms with E-state index in [1.807, 2.05) is 0 Å². The van der Waals surface area contributed by atoms with Gasteiger partial charge in [-0.05, 0) is 40.2 Å². The van der Waals surface area contributed by atoms with E-state index in [4.69, 9.17) is 14.4 Å². The quantitative estimate of drug-likeness (QED) is 0.895. The highest BCUT2D eigenvalue weighted by Crippen LogP contribution is 2.34. The molecule has 21 heavy (non-hydrogen) atoms. The van der Waals surface area contributed by atoms with Crippen LogP contribution in [0, 0.1) is 0 Å². The minimum absolute atomic E-state index is 0.186. The number of aryl methyl sites for hydroxylation is 1. The first-order valence-electron chi connectivity index (χ1n) is 7.10. The normalized spacial score (nSPS) is 15.5. The van der Waals surface area contributed by atoms with Crippen LogP contribution in [-0.4, -0.2) is 10.5 Å². The lowest BCUT2D eigenvalue weighted by Gasteiger charge is -2.20. The number of benzene rings is 1. The van der Waals surface area contributed by atoms with E-state index in [0.29, 0.717) is 19.1 Å². The van der Waals surface area contributed by atoms with Gasteiger partial charge in [0.1, 0.15) is 11.2 Å². The summed E-state index contributed by atoms with van der Waals surface area (Å²) < 4.78 is 18.2. The van der Waals surface area contributed by atoms with Crippen molar-refractivity contribution in [3.05, 3.63) is 33.9 Å². The Kier molecular flexibility index (Phi) is 5.27. The molecule has 2 rings (SSSR count). The molecule has 5 nitrogen and oxygen atoms in total. The lowest BCUT2D eigenvalue weighted by atomic mass is 9.84. The number of carbonyl (C=O) groups excluding carboxylic acids is 1. The Hall–Kier alpha value is -1.08. The zero-order valence-corrected chi connectivity index (χ0v) is 13.5. The molecule has 0 aliphatic carbocycles. The van der Waals surface area contributed by atoms with Crippen LogP contribution >= 0.6 is 0 Å². The lowest BCUT2D eigenvalue weighted by molar-refractivity contribution is -0.117. The molecule has 0 fully saturated rings. The van der Waals surface area contributed by atoms with Crippen molar-refractivity contribution < 1.29 is 14.1 Å². The van der Waals surface area contributed by atoms with Crippen LogP contribution in [0.2, 0.25) is 0 Å². The van der Waals surface area contributed by atoms with Crippen molar-refractivity contribution >= 4 is 17.1 Å². The Morgan fingerprint density at radius 2 is 2.24 bits per heavy atom. The third-order valence-electron chi connectivity index (χ3n) is 3.76. The van der Waals surface area contributed by atoms with Crippen molar-refractivity contribution in [2.75, 3.05) is 0 Å². The number of ether oxygens (including phenoxy) is 1. The smallest absolute Gasteiger partial charge is 0.259 e. The second kappa shape index (κ2) is 6.79. The summed E-state index contributed by atoms with van der Waals surface area (Å²) in [4.78, 5) is 11.9. The van der Waals surface area contributed by atoms with Gasteiger partial charge in [-0.3, -0.25) is 4.79 Å². The third kappa shape index (κ3) is 3.58. The zero-order chi connectivity index (χ0) is 15.6. The molecule has 3 N–H and O–H groups in total. The summed E-state index contributed by atoms with van der Waals surface area (Å²) in [6, 6.07) is 2.14. The summed E-state index contributed by atoms with van der Waals surface area (Å²) in [5.41, 5.74) is 5.81. The fourth-order valence-electron chi connectivity index (χ4n) is 2.98. The van der Waals surface area contributed by atoms with Gasteiger partial charge in [0.25, 0.3) is 5.91 Å². The van der Waals surface area contributed by atoms with Gasteiger partial charge in [0.05, 0.1) is 19.6 Å². The fraction of sp³-hybridized carbons (Fsp3) is 0.533. The molecule has 1 aromatic carbocycles. The minimum atomic E-state index is -1.69. The third-order valence-corrected chi connectivity index (χ3v) is 4.15. The summed E-state index contributed by atoms with van der Waals surface area (Å²) in [6.45, 7) is 7.57. The molecule has 1 amide bonds. The molecule has 0 spiro atoms. The Morgan fingerprint density at radius 1 is 1.52 bits per heavy atom. The first-order valence-corrected chi connectivity index (χ1v) is 8.30. The topological polar surface area (TPSA) is 84.9 Å². The zero-order valence-electron chi connectivity index (χ0n) is 12.7. The van der Waals surface area contributed by atoms with Gasteiger partial charge in [0.15, 0.2) is 0 Å². The SMILES string of the molecule is CCc1cc2c(c(C(C)C)c1CC(=O)N=S(N)O)COC2. The van der Waals surface area contributed by atoms with Gasteiger partial charge in [-0.2, -0.15) is 0 Å². The van der Waals surface area contributed by atoms with Gasteiger partial charge in [-0.15, -0.1) is 4.36 Å². The second-order valence-corrected chi connectivity index (χ2v) is 6.29. The van der Waals surface area contributed by atoms with Crippen LogP contribution in [0.1, 0.15) is 54.5 Å². The number of hydrogen-bond donors (Lipinski definition) is 2. The monoisotopic (exact) mass is 310 g/mol. The molecule has 0 bridgehead atoms. The highest BCUT2D eigenvalue weighted by Gasteiger charge is 2.24. The predicted molar refractivity (Wildman–Crippen MR) is 83.7 cm³/mol. The maximum absolute atomic E-state index is 11.9. The second-order valence-electron chi connectivity index (χ2n) is 5.52. The molecule has 1 aliphatic heterocycles. The van der Waals surface area contributed by atoms with Crippen molar-refractivity contribution in [1.82, 2.24) is 0 Å². The highest BCUT2D eigenvalue weighted by molar-refractivity contribution is 7.79. The number of rotatable bonds is 4. The Bertz CT molecular complexity index is 593. The van der Waals surface area contributed by atoms with Crippen molar-refractivity contribution in [1.29, 1.82) is 0 Å². The maximum Gasteiger partial charge on any atom is 0.259 e. The molecule has 6 heteroatoms. The van der Waals surface area contributed by atoms with Gasteiger partial charge < -0.3 is 9.29 Å². The van der Waals surface area contributed by atoms with Crippen LogP contribution in [0.3, 0.4) is 0 Å². The van der Waals surface area contributed by atoms with E-state index in [2.05, 4.69) is 31.2 Å². The van der Waals surface area contributed by atoms with E-state index in [1.54, 1.807) is 0 Å². The van der Waals surface area contributed by atoms with Crippen LogP contribution < -0.4 is 5.14 Å². The average molecular weight is 310 g/mol. The summed E-state index contributed by atoms with van der Waals surface area (Å²) >= 11 is -1.69. The molecule has 0 saturated heterocycles. The van der Waals surface area contributed by atoms with Gasteiger partial charge in [-0.1, -0.05) is 26.8 Å². The Labute approximate surface area is 127 Å². The number of hydrogen-bond acceptors (Lipinski definition) is 2. The molecular formula is C15H22N2O3S. The van der Waals surface area contributed by atoms with E-state index in [9.17, 15) is 4.79 Å². The van der Waals surface area contributed by atoms with Crippen LogP contribution in [0.25, 0.3) is 0 Å². The predicted octanol–water partition coefficient (Wildman–Crippen LogP) is 2.62. The van der Waals surface area contributed by atoms with Gasteiger partial charge in [-0.25, -0.2) is 5.14 Å². The largest absolute Gasteiger partial charge is 0.372 e. The fourth-order valence-corrected chi connectivity index (χ4v) is 3.26. The van der Waals surface area contributed by atoms with Crippen LogP contribution in [0.5, 0.6) is 0 Å². The van der Waals surface area contributed by atoms with E-state index in [-0.39, 0.29) is 12.3 Å². The Morgan fingerprint density at radius 3 is 2.81 bits per heavy atom. The number of nitrogens with two attached hydrogens (primary N) is 1. The van der Waals surface area contributed by atoms with Crippen molar-refractivity contribution in [2.45, 2.75) is 52.7 Å². The molecule has 1 aromatic rings. The van der Waals surface area contributed by atoms with Crippen molar-refractivity contribution in [3.63, 3.8) is 0 Å². The van der Waals surface area contributed by atoms with Crippen LogP contribution in [-0.2, 0) is 46.7 Å². The lowest BCUT2D eigenvalue weighted by Crippen LogP contribution is -2.12. The average Bonchev–Trinajstić information content (AvgIpc) is 2.83.